The molecule has 0 amide bonds. The Balaban J connectivity index is 1.43. The van der Waals surface area contributed by atoms with Gasteiger partial charge < -0.3 is 9.47 Å². The van der Waals surface area contributed by atoms with E-state index in [2.05, 4.69) is 4.98 Å². The lowest BCUT2D eigenvalue weighted by Crippen LogP contribution is -2.24. The number of thiophene rings is 1. The van der Waals surface area contributed by atoms with Gasteiger partial charge in [0.05, 0.1) is 24.2 Å². The number of fused-ring (bicyclic) bond motifs is 3. The third-order valence-corrected chi connectivity index (χ3v) is 6.15. The standard InChI is InChI=1S/C18H22N2O4S/c21-15(24-10-12-4-3-9-23-12)7-8-20-11-19-17-16(18(20)22)13-5-1-2-6-14(13)25-17/h11-12H,1-10H2/t12-/m0/s1. The molecule has 1 saturated heterocycles. The van der Waals surface area contributed by atoms with Crippen molar-refractivity contribution in [3.63, 3.8) is 0 Å². The third kappa shape index (κ3) is 3.48. The Labute approximate surface area is 149 Å². The predicted octanol–water partition coefficient (Wildman–Crippen LogP) is 2.45. The Morgan fingerprint density at radius 2 is 2.24 bits per heavy atom. The highest BCUT2D eigenvalue weighted by molar-refractivity contribution is 7.18. The van der Waals surface area contributed by atoms with Gasteiger partial charge in [-0.3, -0.25) is 14.2 Å². The van der Waals surface area contributed by atoms with Crippen LogP contribution in [0.3, 0.4) is 0 Å². The van der Waals surface area contributed by atoms with Crippen LogP contribution in [-0.4, -0.2) is 34.8 Å². The fourth-order valence-electron chi connectivity index (χ4n) is 3.59. The lowest BCUT2D eigenvalue weighted by molar-refractivity contribution is -0.147. The number of esters is 1. The predicted molar refractivity (Wildman–Crippen MR) is 95.1 cm³/mol. The molecule has 0 aromatic carbocycles. The van der Waals surface area contributed by atoms with E-state index in [4.69, 9.17) is 9.47 Å². The van der Waals surface area contributed by atoms with Gasteiger partial charge >= 0.3 is 5.97 Å². The molecule has 4 rings (SSSR count). The first-order valence-corrected chi connectivity index (χ1v) is 9.81. The molecule has 3 heterocycles. The largest absolute Gasteiger partial charge is 0.463 e. The van der Waals surface area contributed by atoms with E-state index in [0.717, 1.165) is 48.9 Å². The van der Waals surface area contributed by atoms with Gasteiger partial charge in [0.25, 0.3) is 5.56 Å². The van der Waals surface area contributed by atoms with Crippen molar-refractivity contribution in [3.8, 4) is 0 Å². The summed E-state index contributed by atoms with van der Waals surface area (Å²) >= 11 is 1.64. The van der Waals surface area contributed by atoms with Gasteiger partial charge in [-0.15, -0.1) is 11.3 Å². The second-order valence-corrected chi connectivity index (χ2v) is 7.79. The zero-order chi connectivity index (χ0) is 17.2. The van der Waals surface area contributed by atoms with Crippen LogP contribution in [0.25, 0.3) is 10.2 Å². The quantitative estimate of drug-likeness (QED) is 0.764. The van der Waals surface area contributed by atoms with Gasteiger partial charge in [-0.25, -0.2) is 4.98 Å². The molecule has 134 valence electrons. The topological polar surface area (TPSA) is 70.4 Å². The number of ether oxygens (including phenoxy) is 2. The van der Waals surface area contributed by atoms with E-state index in [-0.39, 0.29) is 24.1 Å². The Bertz CT molecular complexity index is 835. The van der Waals surface area contributed by atoms with Gasteiger partial charge in [0.2, 0.25) is 0 Å². The summed E-state index contributed by atoms with van der Waals surface area (Å²) in [6, 6.07) is 0. The van der Waals surface area contributed by atoms with Crippen molar-refractivity contribution >= 4 is 27.5 Å². The Kier molecular flexibility index (Phi) is 4.85. The maximum absolute atomic E-state index is 12.8. The lowest BCUT2D eigenvalue weighted by Gasteiger charge is -2.11. The highest BCUT2D eigenvalue weighted by Gasteiger charge is 2.20. The average molecular weight is 362 g/mol. The highest BCUT2D eigenvalue weighted by Crippen LogP contribution is 2.33. The zero-order valence-electron chi connectivity index (χ0n) is 14.2. The molecule has 0 bridgehead atoms. The van der Waals surface area contributed by atoms with E-state index in [9.17, 15) is 9.59 Å². The number of carbonyl (C=O) groups is 1. The Morgan fingerprint density at radius 1 is 1.36 bits per heavy atom. The number of aromatic nitrogens is 2. The number of rotatable bonds is 5. The van der Waals surface area contributed by atoms with Crippen LogP contribution in [-0.2, 0) is 33.7 Å². The van der Waals surface area contributed by atoms with E-state index in [1.54, 1.807) is 17.7 Å². The van der Waals surface area contributed by atoms with Crippen molar-refractivity contribution in [1.82, 2.24) is 9.55 Å². The van der Waals surface area contributed by atoms with Crippen molar-refractivity contribution in [2.75, 3.05) is 13.2 Å². The fraction of sp³-hybridized carbons (Fsp3) is 0.611. The first kappa shape index (κ1) is 16.7. The van der Waals surface area contributed by atoms with Crippen LogP contribution >= 0.6 is 11.3 Å². The van der Waals surface area contributed by atoms with Crippen molar-refractivity contribution < 1.29 is 14.3 Å². The molecule has 6 nitrogen and oxygen atoms in total. The number of aryl methyl sites for hydroxylation is 3. The molecule has 0 unspecified atom stereocenters. The normalized spacial score (nSPS) is 19.9. The van der Waals surface area contributed by atoms with Crippen molar-refractivity contribution in [3.05, 3.63) is 27.1 Å². The van der Waals surface area contributed by atoms with Gasteiger partial charge in [0.1, 0.15) is 11.4 Å². The molecule has 2 aliphatic rings. The molecule has 1 aliphatic carbocycles. The summed E-state index contributed by atoms with van der Waals surface area (Å²) in [6.07, 6.45) is 8.04. The van der Waals surface area contributed by atoms with Crippen LogP contribution in [0.2, 0.25) is 0 Å². The van der Waals surface area contributed by atoms with E-state index < -0.39 is 0 Å². The molecule has 1 fully saturated rings. The average Bonchev–Trinajstić information content (AvgIpc) is 3.26. The molecular formula is C18H22N2O4S. The molecule has 7 heteroatoms. The second-order valence-electron chi connectivity index (χ2n) is 6.70. The fourth-order valence-corrected chi connectivity index (χ4v) is 4.81. The number of hydrogen-bond donors (Lipinski definition) is 0. The molecule has 0 saturated carbocycles. The zero-order valence-corrected chi connectivity index (χ0v) is 15.0. The minimum absolute atomic E-state index is 0.0296. The summed E-state index contributed by atoms with van der Waals surface area (Å²) in [5.74, 6) is -0.296. The van der Waals surface area contributed by atoms with Gasteiger partial charge in [0.15, 0.2) is 0 Å². The van der Waals surface area contributed by atoms with E-state index in [1.807, 2.05) is 0 Å². The van der Waals surface area contributed by atoms with Gasteiger partial charge in [-0.1, -0.05) is 0 Å². The van der Waals surface area contributed by atoms with E-state index in [0.29, 0.717) is 13.2 Å². The lowest BCUT2D eigenvalue weighted by atomic mass is 9.97. The summed E-state index contributed by atoms with van der Waals surface area (Å²) in [5, 5.41) is 0.759. The minimum atomic E-state index is -0.296. The van der Waals surface area contributed by atoms with Gasteiger partial charge in [0, 0.05) is 18.0 Å². The minimum Gasteiger partial charge on any atom is -0.463 e. The summed E-state index contributed by atoms with van der Waals surface area (Å²) in [5.41, 5.74) is 1.15. The van der Waals surface area contributed by atoms with E-state index >= 15 is 0 Å². The molecule has 2 aromatic rings. The van der Waals surface area contributed by atoms with Crippen LogP contribution in [0.15, 0.2) is 11.1 Å². The van der Waals surface area contributed by atoms with Crippen LogP contribution < -0.4 is 5.56 Å². The first-order valence-electron chi connectivity index (χ1n) is 8.99. The second kappa shape index (κ2) is 7.25. The molecule has 1 atom stereocenters. The maximum Gasteiger partial charge on any atom is 0.307 e. The van der Waals surface area contributed by atoms with Crippen molar-refractivity contribution in [2.45, 2.75) is 57.6 Å². The summed E-state index contributed by atoms with van der Waals surface area (Å²) in [6.45, 7) is 1.36. The van der Waals surface area contributed by atoms with E-state index in [1.165, 1.54) is 21.4 Å². The number of nitrogens with zero attached hydrogens (tertiary/aromatic N) is 2. The molecule has 25 heavy (non-hydrogen) atoms. The van der Waals surface area contributed by atoms with Crippen molar-refractivity contribution in [1.29, 1.82) is 0 Å². The van der Waals surface area contributed by atoms with Crippen LogP contribution in [0.5, 0.6) is 0 Å². The Morgan fingerprint density at radius 3 is 3.08 bits per heavy atom. The van der Waals surface area contributed by atoms with Gasteiger partial charge in [-0.05, 0) is 44.1 Å². The Hall–Kier alpha value is -1.73. The van der Waals surface area contributed by atoms with Crippen molar-refractivity contribution in [2.24, 2.45) is 0 Å². The van der Waals surface area contributed by atoms with Gasteiger partial charge in [-0.2, -0.15) is 0 Å². The monoisotopic (exact) mass is 362 g/mol. The molecule has 0 N–H and O–H groups in total. The molecule has 2 aromatic heterocycles. The molecule has 1 aliphatic heterocycles. The highest BCUT2D eigenvalue weighted by atomic mass is 32.1. The van der Waals surface area contributed by atoms with Crippen LogP contribution in [0, 0.1) is 0 Å². The maximum atomic E-state index is 12.8. The first-order chi connectivity index (χ1) is 12.2. The third-order valence-electron chi connectivity index (χ3n) is 4.95. The summed E-state index contributed by atoms with van der Waals surface area (Å²) < 4.78 is 12.2. The number of hydrogen-bond acceptors (Lipinski definition) is 6. The number of carbonyl (C=O) groups excluding carboxylic acids is 1. The molecule has 0 spiro atoms. The summed E-state index contributed by atoms with van der Waals surface area (Å²) in [4.78, 5) is 31.3. The molecule has 0 radical (unpaired) electrons. The van der Waals surface area contributed by atoms with Crippen LogP contribution in [0.1, 0.15) is 42.5 Å². The van der Waals surface area contributed by atoms with Crippen LogP contribution in [0.4, 0.5) is 0 Å². The SMILES string of the molecule is O=C(CCn1cnc2sc3c(c2c1=O)CCCC3)OC[C@@H]1CCCO1. The summed E-state index contributed by atoms with van der Waals surface area (Å²) in [7, 11) is 0. The molecular weight excluding hydrogens is 340 g/mol. The smallest absolute Gasteiger partial charge is 0.307 e.